The molecule has 33 heavy (non-hydrogen) atoms. The molecule has 0 unspecified atom stereocenters. The molecule has 0 radical (unpaired) electrons. The maximum absolute atomic E-state index is 12.4. The van der Waals surface area contributed by atoms with Crippen molar-refractivity contribution in [1.82, 2.24) is 5.43 Å². The smallest absolute Gasteiger partial charge is 0.347 e. The van der Waals surface area contributed by atoms with Gasteiger partial charge in [0.2, 0.25) is 0 Å². The van der Waals surface area contributed by atoms with Crippen molar-refractivity contribution >= 4 is 29.7 Å². The summed E-state index contributed by atoms with van der Waals surface area (Å²) in [5, 5.41) is 14.8. The first-order valence-electron chi connectivity index (χ1n) is 9.51. The Morgan fingerprint density at radius 3 is 2.21 bits per heavy atom. The fraction of sp³-hybridized carbons (Fsp3) is 0.0435. The van der Waals surface area contributed by atoms with Crippen LogP contribution < -0.4 is 14.9 Å². The second kappa shape index (κ2) is 10.4. The lowest BCUT2D eigenvalue weighted by atomic mass is 10.2. The van der Waals surface area contributed by atoms with E-state index < -0.39 is 22.8 Å². The Morgan fingerprint density at radius 2 is 1.55 bits per heavy atom. The quantitative estimate of drug-likeness (QED) is 0.192. The number of esters is 2. The lowest BCUT2D eigenvalue weighted by Crippen LogP contribution is -2.18. The lowest BCUT2D eigenvalue weighted by Gasteiger charge is -2.08. The van der Waals surface area contributed by atoms with Crippen LogP contribution in [0.5, 0.6) is 11.5 Å². The highest BCUT2D eigenvalue weighted by Gasteiger charge is 2.18. The molecular weight excluding hydrogens is 430 g/mol. The summed E-state index contributed by atoms with van der Waals surface area (Å²) >= 11 is 0. The molecule has 0 bridgehead atoms. The van der Waals surface area contributed by atoms with Gasteiger partial charge in [-0.3, -0.25) is 19.7 Å². The number of nitro benzene ring substituents is 1. The van der Waals surface area contributed by atoms with Crippen molar-refractivity contribution in [3.63, 3.8) is 0 Å². The number of hydrazone groups is 1. The minimum Gasteiger partial charge on any atom is -0.426 e. The molecule has 0 saturated carbocycles. The van der Waals surface area contributed by atoms with Crippen LogP contribution in [0.15, 0.2) is 77.9 Å². The van der Waals surface area contributed by atoms with Crippen LogP contribution in [-0.4, -0.2) is 29.0 Å². The van der Waals surface area contributed by atoms with E-state index in [1.54, 1.807) is 24.3 Å². The Hall–Kier alpha value is -4.86. The molecule has 1 amide bonds. The number of para-hydroxylation sites is 2. The predicted octanol–water partition coefficient (Wildman–Crippen LogP) is 3.50. The van der Waals surface area contributed by atoms with Gasteiger partial charge in [-0.1, -0.05) is 24.3 Å². The minimum atomic E-state index is -0.726. The maximum atomic E-state index is 12.4. The van der Waals surface area contributed by atoms with E-state index >= 15 is 0 Å². The van der Waals surface area contributed by atoms with Crippen LogP contribution in [0.25, 0.3) is 0 Å². The van der Waals surface area contributed by atoms with Crippen molar-refractivity contribution < 1.29 is 28.8 Å². The number of nitrogens with one attached hydrogen (secondary N) is 1. The number of carbonyl (C=O) groups excluding carboxylic acids is 3. The monoisotopic (exact) mass is 447 g/mol. The molecule has 0 aliphatic heterocycles. The summed E-state index contributed by atoms with van der Waals surface area (Å²) in [5.74, 6) is -1.67. The van der Waals surface area contributed by atoms with Crippen molar-refractivity contribution in [3.8, 4) is 11.5 Å². The maximum Gasteiger partial charge on any atom is 0.347 e. The fourth-order valence-corrected chi connectivity index (χ4v) is 2.71. The van der Waals surface area contributed by atoms with Gasteiger partial charge in [-0.25, -0.2) is 10.2 Å². The number of benzene rings is 3. The van der Waals surface area contributed by atoms with Gasteiger partial charge >= 0.3 is 11.9 Å². The molecular formula is C23H17N3O7. The largest absolute Gasteiger partial charge is 0.426 e. The summed E-state index contributed by atoms with van der Waals surface area (Å²) in [6.45, 7) is 1.23. The molecule has 10 nitrogen and oxygen atoms in total. The zero-order valence-corrected chi connectivity index (χ0v) is 17.3. The van der Waals surface area contributed by atoms with E-state index in [-0.39, 0.29) is 28.3 Å². The van der Waals surface area contributed by atoms with Crippen LogP contribution in [0, 0.1) is 10.1 Å². The highest BCUT2D eigenvalue weighted by molar-refractivity contribution is 5.98. The molecule has 0 atom stereocenters. The number of amides is 1. The Bertz CT molecular complexity index is 1240. The number of carbonyl (C=O) groups is 3. The normalized spacial score (nSPS) is 10.5. The summed E-state index contributed by atoms with van der Waals surface area (Å²) in [5.41, 5.74) is 2.45. The van der Waals surface area contributed by atoms with Gasteiger partial charge in [-0.2, -0.15) is 5.10 Å². The van der Waals surface area contributed by atoms with Gasteiger partial charge in [0.1, 0.15) is 22.6 Å². The third kappa shape index (κ3) is 6.07. The number of hydrogen-bond acceptors (Lipinski definition) is 8. The summed E-state index contributed by atoms with van der Waals surface area (Å²) in [7, 11) is 0. The van der Waals surface area contributed by atoms with E-state index in [1.807, 2.05) is 0 Å². The molecule has 166 valence electrons. The van der Waals surface area contributed by atoms with Crippen LogP contribution in [0.1, 0.15) is 33.2 Å². The summed E-state index contributed by atoms with van der Waals surface area (Å²) < 4.78 is 10.3. The molecule has 0 aliphatic carbocycles. The average Bonchev–Trinajstić information content (AvgIpc) is 2.80. The van der Waals surface area contributed by atoms with Crippen molar-refractivity contribution in [1.29, 1.82) is 0 Å². The molecule has 3 rings (SSSR count). The standard InChI is InChI=1S/C23H17N3O7/c1-15(27)32-21-9-5-3-7-19(21)23(29)33-17-12-10-16(11-13-17)14-24-25-22(28)18-6-2-4-8-20(18)26(30)31/h2-14H,1H3,(H,25,28). The van der Waals surface area contributed by atoms with E-state index in [2.05, 4.69) is 10.5 Å². The summed E-state index contributed by atoms with van der Waals surface area (Å²) in [4.78, 5) is 46.1. The molecule has 0 heterocycles. The van der Waals surface area contributed by atoms with Crippen LogP contribution in [0.2, 0.25) is 0 Å². The second-order valence-corrected chi connectivity index (χ2v) is 6.52. The summed E-state index contributed by atoms with van der Waals surface area (Å²) in [6.07, 6.45) is 1.33. The third-order valence-electron chi connectivity index (χ3n) is 4.18. The number of nitrogens with zero attached hydrogens (tertiary/aromatic N) is 2. The molecule has 0 aliphatic rings. The SMILES string of the molecule is CC(=O)Oc1ccccc1C(=O)Oc1ccc(C=NNC(=O)c2ccccc2[N+](=O)[O-])cc1. The number of hydrogen-bond donors (Lipinski definition) is 1. The molecule has 1 N–H and O–H groups in total. The van der Waals surface area contributed by atoms with Crippen LogP contribution in [-0.2, 0) is 4.79 Å². The van der Waals surface area contributed by atoms with Gasteiger partial charge in [0, 0.05) is 13.0 Å². The molecule has 3 aromatic rings. The predicted molar refractivity (Wildman–Crippen MR) is 117 cm³/mol. The Kier molecular flexibility index (Phi) is 7.22. The number of ether oxygens (including phenoxy) is 2. The van der Waals surface area contributed by atoms with E-state index in [9.17, 15) is 24.5 Å². The zero-order chi connectivity index (χ0) is 23.8. The summed E-state index contributed by atoms with van der Waals surface area (Å²) in [6, 6.07) is 17.9. The van der Waals surface area contributed by atoms with Gasteiger partial charge in [0.05, 0.1) is 11.1 Å². The highest BCUT2D eigenvalue weighted by Crippen LogP contribution is 2.21. The lowest BCUT2D eigenvalue weighted by molar-refractivity contribution is -0.385. The average molecular weight is 447 g/mol. The molecule has 0 aromatic heterocycles. The van der Waals surface area contributed by atoms with E-state index in [1.165, 1.54) is 61.7 Å². The van der Waals surface area contributed by atoms with Gasteiger partial charge < -0.3 is 9.47 Å². The van der Waals surface area contributed by atoms with E-state index in [4.69, 9.17) is 9.47 Å². The molecule has 10 heteroatoms. The van der Waals surface area contributed by atoms with Crippen LogP contribution >= 0.6 is 0 Å². The van der Waals surface area contributed by atoms with E-state index in [0.29, 0.717) is 5.56 Å². The fourth-order valence-electron chi connectivity index (χ4n) is 2.71. The first-order chi connectivity index (χ1) is 15.8. The van der Waals surface area contributed by atoms with Crippen molar-refractivity contribution in [3.05, 3.63) is 99.6 Å². The second-order valence-electron chi connectivity index (χ2n) is 6.52. The van der Waals surface area contributed by atoms with Crippen LogP contribution in [0.4, 0.5) is 5.69 Å². The topological polar surface area (TPSA) is 137 Å². The van der Waals surface area contributed by atoms with Crippen molar-refractivity contribution in [2.24, 2.45) is 5.10 Å². The zero-order valence-electron chi connectivity index (χ0n) is 17.3. The van der Waals surface area contributed by atoms with Crippen molar-refractivity contribution in [2.75, 3.05) is 0 Å². The minimum absolute atomic E-state index is 0.0909. The molecule has 3 aromatic carbocycles. The van der Waals surface area contributed by atoms with E-state index in [0.717, 1.165) is 0 Å². The Balaban J connectivity index is 1.63. The van der Waals surface area contributed by atoms with Crippen LogP contribution in [0.3, 0.4) is 0 Å². The van der Waals surface area contributed by atoms with Crippen molar-refractivity contribution in [2.45, 2.75) is 6.92 Å². The molecule has 0 saturated heterocycles. The molecule has 0 fully saturated rings. The van der Waals surface area contributed by atoms with Gasteiger partial charge in [0.15, 0.2) is 0 Å². The number of rotatable bonds is 7. The molecule has 0 spiro atoms. The number of nitro groups is 1. The Morgan fingerprint density at radius 1 is 0.909 bits per heavy atom. The first-order valence-corrected chi connectivity index (χ1v) is 9.51. The van der Waals surface area contributed by atoms with Gasteiger partial charge in [-0.15, -0.1) is 0 Å². The highest BCUT2D eigenvalue weighted by atomic mass is 16.6. The third-order valence-corrected chi connectivity index (χ3v) is 4.18. The first kappa shape index (κ1) is 22.8. The Labute approximate surface area is 187 Å². The van der Waals surface area contributed by atoms with Gasteiger partial charge in [0.25, 0.3) is 11.6 Å². The van der Waals surface area contributed by atoms with Gasteiger partial charge in [-0.05, 0) is 48.0 Å².